The minimum absolute atomic E-state index is 0.0834. The van der Waals surface area contributed by atoms with Gasteiger partial charge in [-0.1, -0.05) is 172 Å². The van der Waals surface area contributed by atoms with Crippen LogP contribution in [0.3, 0.4) is 0 Å². The molecule has 0 radical (unpaired) electrons. The molecule has 1 heterocycles. The summed E-state index contributed by atoms with van der Waals surface area (Å²) < 4.78 is 0. The lowest BCUT2D eigenvalue weighted by Gasteiger charge is -2.24. The van der Waals surface area contributed by atoms with Crippen molar-refractivity contribution >= 4 is 32.3 Å². The van der Waals surface area contributed by atoms with E-state index in [0.29, 0.717) is 0 Å². The van der Waals surface area contributed by atoms with Gasteiger partial charge in [0.25, 0.3) is 0 Å². The smallest absolute Gasteiger partial charge is 0.161 e. The molecule has 0 saturated heterocycles. The van der Waals surface area contributed by atoms with E-state index in [1.54, 1.807) is 0 Å². The fourth-order valence-corrected chi connectivity index (χ4v) is 8.43. The van der Waals surface area contributed by atoms with Crippen molar-refractivity contribution in [2.24, 2.45) is 0 Å². The van der Waals surface area contributed by atoms with Crippen LogP contribution in [0.1, 0.15) is 25.0 Å². The first-order valence-corrected chi connectivity index (χ1v) is 17.7. The van der Waals surface area contributed by atoms with E-state index in [4.69, 9.17) is 9.97 Å². The topological polar surface area (TPSA) is 25.8 Å². The normalized spacial score (nSPS) is 13.1. The molecular weight excluding hydrogens is 617 g/mol. The van der Waals surface area contributed by atoms with Gasteiger partial charge in [-0.3, -0.25) is 0 Å². The molecule has 10 rings (SSSR count). The van der Waals surface area contributed by atoms with E-state index in [9.17, 15) is 0 Å². The van der Waals surface area contributed by atoms with Crippen LogP contribution in [0.2, 0.25) is 0 Å². The van der Waals surface area contributed by atoms with Crippen LogP contribution in [0.15, 0.2) is 170 Å². The second-order valence-electron chi connectivity index (χ2n) is 14.2. The number of benzene rings is 8. The second-order valence-corrected chi connectivity index (χ2v) is 14.2. The summed E-state index contributed by atoms with van der Waals surface area (Å²) in [5, 5.41) is 7.14. The molecule has 1 aliphatic carbocycles. The molecule has 2 heteroatoms. The Labute approximate surface area is 297 Å². The summed E-state index contributed by atoms with van der Waals surface area (Å²) in [4.78, 5) is 10.7. The summed E-state index contributed by atoms with van der Waals surface area (Å²) in [6, 6.07) is 61.1. The summed E-state index contributed by atoms with van der Waals surface area (Å²) in [5.74, 6) is 0.730. The van der Waals surface area contributed by atoms with Crippen LogP contribution in [-0.4, -0.2) is 9.97 Å². The van der Waals surface area contributed by atoms with E-state index in [2.05, 4.69) is 184 Å². The van der Waals surface area contributed by atoms with Crippen molar-refractivity contribution in [2.75, 3.05) is 0 Å². The van der Waals surface area contributed by atoms with Crippen LogP contribution in [0.5, 0.6) is 0 Å². The fourth-order valence-electron chi connectivity index (χ4n) is 8.43. The van der Waals surface area contributed by atoms with Gasteiger partial charge < -0.3 is 0 Å². The van der Waals surface area contributed by atoms with Crippen LogP contribution >= 0.6 is 0 Å². The van der Waals surface area contributed by atoms with Crippen molar-refractivity contribution in [3.8, 4) is 56.2 Å². The first-order chi connectivity index (χ1) is 25.0. The molecule has 240 valence electrons. The van der Waals surface area contributed by atoms with Gasteiger partial charge in [-0.15, -0.1) is 0 Å². The van der Waals surface area contributed by atoms with E-state index >= 15 is 0 Å². The molecule has 0 fully saturated rings. The Morgan fingerprint density at radius 2 is 1.00 bits per heavy atom. The standard InChI is InChI=1S/C49H34N2/c1-49(2)43-22-11-10-19-39(43)41-21-12-20-38(47(41)49)32-23-25-34(26-24-32)45-30-44(33-14-4-3-5-15-33)50-48(51-45)46-37-18-9-7-16-35(37)29-42-36-17-8-6-13-31(36)27-28-40(42)46/h3-30H,1-2H3. The van der Waals surface area contributed by atoms with Crippen molar-refractivity contribution in [1.82, 2.24) is 9.97 Å². The molecule has 0 unspecified atom stereocenters. The summed E-state index contributed by atoms with van der Waals surface area (Å²) in [7, 11) is 0. The van der Waals surface area contributed by atoms with Crippen molar-refractivity contribution in [2.45, 2.75) is 19.3 Å². The Hall–Kier alpha value is -6.38. The molecule has 1 aromatic heterocycles. The molecule has 0 N–H and O–H groups in total. The summed E-state index contributed by atoms with van der Waals surface area (Å²) >= 11 is 0. The minimum atomic E-state index is -0.0834. The zero-order valence-corrected chi connectivity index (χ0v) is 28.6. The number of nitrogens with zero attached hydrogens (tertiary/aromatic N) is 2. The van der Waals surface area contributed by atoms with Gasteiger partial charge >= 0.3 is 0 Å². The highest BCUT2D eigenvalue weighted by Gasteiger charge is 2.37. The van der Waals surface area contributed by atoms with Crippen molar-refractivity contribution in [3.63, 3.8) is 0 Å². The minimum Gasteiger partial charge on any atom is -0.228 e. The van der Waals surface area contributed by atoms with E-state index in [1.807, 2.05) is 0 Å². The monoisotopic (exact) mass is 650 g/mol. The van der Waals surface area contributed by atoms with E-state index in [-0.39, 0.29) is 5.41 Å². The maximum absolute atomic E-state index is 5.38. The molecule has 9 aromatic rings. The van der Waals surface area contributed by atoms with Crippen LogP contribution in [0, 0.1) is 0 Å². The number of hydrogen-bond acceptors (Lipinski definition) is 2. The third kappa shape index (κ3) is 4.64. The van der Waals surface area contributed by atoms with Gasteiger partial charge in [-0.05, 0) is 77.8 Å². The average Bonchev–Trinajstić information content (AvgIpc) is 3.43. The van der Waals surface area contributed by atoms with Gasteiger partial charge in [-0.2, -0.15) is 0 Å². The fraction of sp³-hybridized carbons (Fsp3) is 0.0612. The van der Waals surface area contributed by atoms with Gasteiger partial charge in [0.15, 0.2) is 5.82 Å². The third-order valence-corrected chi connectivity index (χ3v) is 10.9. The molecule has 1 aliphatic rings. The second kappa shape index (κ2) is 11.3. The highest BCUT2D eigenvalue weighted by Crippen LogP contribution is 2.52. The molecule has 0 saturated carbocycles. The zero-order chi connectivity index (χ0) is 34.1. The molecule has 2 nitrogen and oxygen atoms in total. The molecule has 51 heavy (non-hydrogen) atoms. The Bertz CT molecular complexity index is 2810. The van der Waals surface area contributed by atoms with Crippen molar-refractivity contribution in [1.29, 1.82) is 0 Å². The van der Waals surface area contributed by atoms with Crippen LogP contribution in [0.25, 0.3) is 88.5 Å². The lowest BCUT2D eigenvalue weighted by molar-refractivity contribution is 0.662. The van der Waals surface area contributed by atoms with Gasteiger partial charge in [0.1, 0.15) is 0 Å². The maximum atomic E-state index is 5.38. The van der Waals surface area contributed by atoms with Gasteiger partial charge in [0.05, 0.1) is 11.4 Å². The Balaban J connectivity index is 1.16. The SMILES string of the molecule is CC1(C)c2ccccc2-c2cccc(-c3ccc(-c4cc(-c5ccccc5)nc(-c5c6ccccc6cc6c5ccc5ccccc56)n4)cc3)c21. The van der Waals surface area contributed by atoms with E-state index in [0.717, 1.165) is 44.7 Å². The Morgan fingerprint density at radius 1 is 0.392 bits per heavy atom. The number of hydrogen-bond donors (Lipinski definition) is 0. The van der Waals surface area contributed by atoms with Crippen LogP contribution in [0.4, 0.5) is 0 Å². The van der Waals surface area contributed by atoms with Crippen molar-refractivity contribution < 1.29 is 0 Å². The van der Waals surface area contributed by atoms with Gasteiger partial charge in [0.2, 0.25) is 0 Å². The number of fused-ring (bicyclic) bond motifs is 7. The molecule has 0 amide bonds. The Morgan fingerprint density at radius 3 is 1.80 bits per heavy atom. The molecule has 8 aromatic carbocycles. The quantitative estimate of drug-likeness (QED) is 0.140. The highest BCUT2D eigenvalue weighted by molar-refractivity contribution is 6.19. The summed E-state index contributed by atoms with van der Waals surface area (Å²) in [6.45, 7) is 4.70. The third-order valence-electron chi connectivity index (χ3n) is 10.9. The molecule has 0 spiro atoms. The number of aromatic nitrogens is 2. The number of rotatable bonds is 4. The largest absolute Gasteiger partial charge is 0.228 e. The van der Waals surface area contributed by atoms with Crippen LogP contribution < -0.4 is 0 Å². The predicted molar refractivity (Wildman–Crippen MR) is 214 cm³/mol. The van der Waals surface area contributed by atoms with E-state index in [1.165, 1.54) is 54.9 Å². The molecule has 0 aliphatic heterocycles. The van der Waals surface area contributed by atoms with Gasteiger partial charge in [0, 0.05) is 22.1 Å². The molecular formula is C49H34N2. The maximum Gasteiger partial charge on any atom is 0.161 e. The van der Waals surface area contributed by atoms with Crippen molar-refractivity contribution in [3.05, 3.63) is 181 Å². The Kier molecular flexibility index (Phi) is 6.56. The average molecular weight is 651 g/mol. The zero-order valence-electron chi connectivity index (χ0n) is 28.6. The first kappa shape index (κ1) is 29.5. The predicted octanol–water partition coefficient (Wildman–Crippen LogP) is 12.9. The van der Waals surface area contributed by atoms with E-state index < -0.39 is 0 Å². The lowest BCUT2D eigenvalue weighted by atomic mass is 9.79. The summed E-state index contributed by atoms with van der Waals surface area (Å²) in [6.07, 6.45) is 0. The summed E-state index contributed by atoms with van der Waals surface area (Å²) in [5.41, 5.74) is 12.9. The highest BCUT2D eigenvalue weighted by atomic mass is 14.9. The first-order valence-electron chi connectivity index (χ1n) is 17.7. The van der Waals surface area contributed by atoms with Gasteiger partial charge in [-0.25, -0.2) is 9.97 Å². The lowest BCUT2D eigenvalue weighted by Crippen LogP contribution is -2.16. The van der Waals surface area contributed by atoms with Crippen LogP contribution in [-0.2, 0) is 5.41 Å². The molecule has 0 atom stereocenters. The molecule has 0 bridgehead atoms.